The number of carbonyl (C=O) groups is 2. The van der Waals surface area contributed by atoms with Crippen LogP contribution in [0.3, 0.4) is 0 Å². The smallest absolute Gasteiger partial charge is 0.193 e. The lowest BCUT2D eigenvalue weighted by Gasteiger charge is -2.62. The van der Waals surface area contributed by atoms with Crippen molar-refractivity contribution in [2.24, 2.45) is 27.8 Å². The number of carbonyl (C=O) groups excluding carboxylic acids is 2. The molecule has 0 bridgehead atoms. The molecule has 5 rings (SSSR count). The van der Waals surface area contributed by atoms with E-state index in [2.05, 4.69) is 5.18 Å². The monoisotopic (exact) mass is 479 g/mol. The van der Waals surface area contributed by atoms with E-state index in [1.165, 1.54) is 19.1 Å². The van der Waals surface area contributed by atoms with Gasteiger partial charge in [-0.25, -0.2) is 8.78 Å². The van der Waals surface area contributed by atoms with E-state index in [1.807, 2.05) is 6.92 Å². The summed E-state index contributed by atoms with van der Waals surface area (Å²) in [6.45, 7) is 4.46. The van der Waals surface area contributed by atoms with Gasteiger partial charge in [-0.05, 0) is 56.3 Å². The summed E-state index contributed by atoms with van der Waals surface area (Å²) in [7, 11) is 0. The number of nitrogens with zero attached hydrogens (tertiary/aromatic N) is 1. The Kier molecular flexibility index (Phi) is 5.32. The van der Waals surface area contributed by atoms with Crippen LogP contribution in [0.2, 0.25) is 0 Å². The number of alkyl halides is 2. The van der Waals surface area contributed by atoms with E-state index >= 15 is 8.78 Å². The summed E-state index contributed by atoms with van der Waals surface area (Å²) in [6.07, 6.45) is 1.95. The maximum Gasteiger partial charge on any atom is 0.193 e. The van der Waals surface area contributed by atoms with Crippen molar-refractivity contribution in [3.05, 3.63) is 28.7 Å². The third kappa shape index (κ3) is 2.61. The molecule has 7 nitrogen and oxygen atoms in total. The van der Waals surface area contributed by atoms with Crippen molar-refractivity contribution >= 4 is 11.6 Å². The normalized spacial score (nSPS) is 51.2. The second kappa shape index (κ2) is 7.58. The fourth-order valence-electron chi connectivity index (χ4n) is 8.12. The molecule has 1 N–H and O–H groups in total. The van der Waals surface area contributed by atoms with Gasteiger partial charge in [0.1, 0.15) is 18.8 Å². The minimum absolute atomic E-state index is 0.0332. The predicted molar refractivity (Wildman–Crippen MR) is 117 cm³/mol. The average Bonchev–Trinajstić information content (AvgIpc) is 3.28. The van der Waals surface area contributed by atoms with Gasteiger partial charge in [-0.15, -0.1) is 0 Å². The molecular weight excluding hydrogens is 448 g/mol. The second-order valence-corrected chi connectivity index (χ2v) is 11.0. The first-order valence-corrected chi connectivity index (χ1v) is 12.1. The van der Waals surface area contributed by atoms with E-state index in [4.69, 9.17) is 9.47 Å². The summed E-state index contributed by atoms with van der Waals surface area (Å²) in [5.41, 5.74) is -6.40. The average molecular weight is 480 g/mol. The first-order valence-electron chi connectivity index (χ1n) is 12.1. The maximum absolute atomic E-state index is 17.4. The number of halogens is 2. The molecule has 1 aliphatic heterocycles. The molecule has 9 heteroatoms. The number of allylic oxidation sites excluding steroid dienone is 4. The van der Waals surface area contributed by atoms with E-state index in [0.29, 0.717) is 6.42 Å². The van der Waals surface area contributed by atoms with Crippen LogP contribution < -0.4 is 0 Å². The predicted octanol–water partition coefficient (Wildman–Crippen LogP) is 3.53. The van der Waals surface area contributed by atoms with Crippen LogP contribution in [0.15, 0.2) is 29.0 Å². The second-order valence-electron chi connectivity index (χ2n) is 11.0. The molecule has 0 spiro atoms. The summed E-state index contributed by atoms with van der Waals surface area (Å²) in [4.78, 5) is 37.5. The molecule has 5 aliphatic rings. The summed E-state index contributed by atoms with van der Waals surface area (Å²) in [5, 5.41) is 13.1. The van der Waals surface area contributed by atoms with Crippen LogP contribution in [0, 0.1) is 27.6 Å². The van der Waals surface area contributed by atoms with Crippen LogP contribution in [-0.4, -0.2) is 59.2 Å². The highest BCUT2D eigenvalue weighted by atomic mass is 19.1. The first kappa shape index (κ1) is 23.9. The van der Waals surface area contributed by atoms with E-state index in [9.17, 15) is 19.6 Å². The molecule has 4 fully saturated rings. The third-order valence-electron chi connectivity index (χ3n) is 9.63. The van der Waals surface area contributed by atoms with Crippen LogP contribution in [0.25, 0.3) is 0 Å². The van der Waals surface area contributed by atoms with E-state index in [1.54, 1.807) is 6.92 Å². The number of rotatable bonds is 5. The van der Waals surface area contributed by atoms with Gasteiger partial charge in [0.2, 0.25) is 0 Å². The molecule has 186 valence electrons. The molecule has 0 aromatic rings. The summed E-state index contributed by atoms with van der Waals surface area (Å²) in [5.74, 6) is -2.50. The summed E-state index contributed by atoms with van der Waals surface area (Å²) in [6, 6.07) is -1.41. The van der Waals surface area contributed by atoms with E-state index in [0.717, 1.165) is 12.5 Å². The molecule has 8 unspecified atom stereocenters. The van der Waals surface area contributed by atoms with Crippen molar-refractivity contribution in [1.29, 1.82) is 0 Å². The van der Waals surface area contributed by atoms with Crippen LogP contribution in [0.1, 0.15) is 52.9 Å². The van der Waals surface area contributed by atoms with E-state index in [-0.39, 0.29) is 24.8 Å². The van der Waals surface area contributed by atoms with Crippen molar-refractivity contribution < 1.29 is 33.0 Å². The Morgan fingerprint density at radius 1 is 1.29 bits per heavy atom. The highest BCUT2D eigenvalue weighted by Gasteiger charge is 2.80. The number of fused-ring (bicyclic) bond motifs is 7. The third-order valence-corrected chi connectivity index (χ3v) is 9.63. The summed E-state index contributed by atoms with van der Waals surface area (Å²) >= 11 is 0. The van der Waals surface area contributed by atoms with Gasteiger partial charge in [-0.2, -0.15) is 4.91 Å². The Balaban J connectivity index is 1.65. The number of Topliss-reactive ketones (excluding diaryl/α,β-unsaturated/α-hetero) is 1. The minimum Gasteiger partial charge on any atom is -0.388 e. The number of aliphatic hydroxyl groups excluding tert-OH is 1. The van der Waals surface area contributed by atoms with Crippen molar-refractivity contribution in [1.82, 2.24) is 0 Å². The lowest BCUT2D eigenvalue weighted by Crippen LogP contribution is -2.70. The Morgan fingerprint density at radius 2 is 2.03 bits per heavy atom. The van der Waals surface area contributed by atoms with Gasteiger partial charge in [0.25, 0.3) is 0 Å². The standard InChI is InChI=1S/C25H31F2NO6/c1-4-5-21-33-20-10-14-15-9-17(26)16-8-13(30)6-7-22(16,2)24(15,27)18(28-32)11-23(14,3)25(20,34-21)19(31)12-29/h6-8,14-15,17-18,20-21,29H,4-5,9-12H2,1-3H3/t14?,15?,17-,18?,20?,21?,22?,23?,24-,25?/m0/s1. The van der Waals surface area contributed by atoms with Gasteiger partial charge in [-0.1, -0.05) is 31.5 Å². The van der Waals surface area contributed by atoms with Gasteiger partial charge in [-0.3, -0.25) is 9.59 Å². The molecule has 4 aliphatic carbocycles. The zero-order chi connectivity index (χ0) is 24.7. The Hall–Kier alpha value is -1.84. The quantitative estimate of drug-likeness (QED) is 0.606. The molecule has 0 aromatic carbocycles. The molecule has 0 aromatic heterocycles. The molecule has 3 saturated carbocycles. The Bertz CT molecular complexity index is 1000. The Morgan fingerprint density at radius 3 is 2.68 bits per heavy atom. The van der Waals surface area contributed by atoms with E-state index < -0.39 is 76.7 Å². The van der Waals surface area contributed by atoms with Crippen LogP contribution in [-0.2, 0) is 19.1 Å². The number of hydrogen-bond acceptors (Lipinski definition) is 7. The highest BCUT2D eigenvalue weighted by Crippen LogP contribution is 2.72. The van der Waals surface area contributed by atoms with Crippen LogP contribution in [0.5, 0.6) is 0 Å². The van der Waals surface area contributed by atoms with Crippen molar-refractivity contribution in [3.63, 3.8) is 0 Å². The van der Waals surface area contributed by atoms with Crippen molar-refractivity contribution in [2.75, 3.05) is 6.61 Å². The van der Waals surface area contributed by atoms with Gasteiger partial charge < -0.3 is 14.6 Å². The number of ketones is 2. The van der Waals surface area contributed by atoms with Crippen molar-refractivity contribution in [3.8, 4) is 0 Å². The van der Waals surface area contributed by atoms with Gasteiger partial charge in [0, 0.05) is 16.7 Å². The molecule has 34 heavy (non-hydrogen) atoms. The fourth-order valence-corrected chi connectivity index (χ4v) is 8.12. The number of ether oxygens (including phenoxy) is 2. The number of aliphatic hydroxyl groups is 1. The minimum atomic E-state index is -2.25. The maximum atomic E-state index is 17.4. The van der Waals surface area contributed by atoms with Gasteiger partial charge in [0.15, 0.2) is 29.1 Å². The highest BCUT2D eigenvalue weighted by molar-refractivity contribution is 6.01. The summed E-state index contributed by atoms with van der Waals surface area (Å²) < 4.78 is 45.3. The number of nitroso groups, excluding NO2 is 1. The molecular formula is C25H31F2NO6. The first-order chi connectivity index (χ1) is 16.0. The van der Waals surface area contributed by atoms with Crippen LogP contribution in [0.4, 0.5) is 8.78 Å². The fraction of sp³-hybridized carbons (Fsp3) is 0.760. The zero-order valence-corrected chi connectivity index (χ0v) is 19.6. The van der Waals surface area contributed by atoms with Crippen molar-refractivity contribution in [2.45, 2.75) is 88.8 Å². The van der Waals surface area contributed by atoms with Crippen LogP contribution >= 0.6 is 0 Å². The topological polar surface area (TPSA) is 102 Å². The lowest BCUT2D eigenvalue weighted by atomic mass is 9.44. The molecule has 1 heterocycles. The van der Waals surface area contributed by atoms with Gasteiger partial charge >= 0.3 is 0 Å². The largest absolute Gasteiger partial charge is 0.388 e. The molecule has 0 radical (unpaired) electrons. The SMILES string of the molecule is CCCC1OC2CC3C4C[C@H](F)C5=CC(=O)C=CC5(C)[C@@]4(F)C(N=O)CC3(C)C2(C(=O)CO)O1. The molecule has 1 saturated heterocycles. The Labute approximate surface area is 196 Å². The zero-order valence-electron chi connectivity index (χ0n) is 19.6. The number of hydrogen-bond donors (Lipinski definition) is 1. The molecule has 0 amide bonds. The lowest BCUT2D eigenvalue weighted by molar-refractivity contribution is -0.207. The van der Waals surface area contributed by atoms with Gasteiger partial charge in [0.05, 0.1) is 6.10 Å². The molecule has 10 atom stereocenters.